The summed E-state index contributed by atoms with van der Waals surface area (Å²) in [6.07, 6.45) is 1.60. The maximum Gasteiger partial charge on any atom is 0.246 e. The summed E-state index contributed by atoms with van der Waals surface area (Å²) < 4.78 is 1.70. The van der Waals surface area contributed by atoms with Crippen molar-refractivity contribution in [2.24, 2.45) is 0 Å². The molecule has 4 aromatic rings. The first-order chi connectivity index (χ1) is 13.5. The smallest absolute Gasteiger partial charge is 0.246 e. The van der Waals surface area contributed by atoms with Gasteiger partial charge in [0.25, 0.3) is 0 Å². The van der Waals surface area contributed by atoms with E-state index in [0.29, 0.717) is 26.1 Å². The number of thiazole rings is 1. The summed E-state index contributed by atoms with van der Waals surface area (Å²) in [5.74, 6) is -0.239. The van der Waals surface area contributed by atoms with Crippen molar-refractivity contribution in [1.82, 2.24) is 9.55 Å². The van der Waals surface area contributed by atoms with Gasteiger partial charge in [-0.15, -0.1) is 11.3 Å². The Labute approximate surface area is 174 Å². The number of amides is 1. The van der Waals surface area contributed by atoms with E-state index in [0.717, 1.165) is 11.3 Å². The Kier molecular flexibility index (Phi) is 5.17. The number of anilines is 1. The number of nitrogens with one attached hydrogen (secondary N) is 1. The highest BCUT2D eigenvalue weighted by Gasteiger charge is 2.11. The number of aromatic nitrogens is 2. The van der Waals surface area contributed by atoms with Crippen molar-refractivity contribution in [1.29, 1.82) is 0 Å². The molecular weight excluding hydrogens is 417 g/mol. The van der Waals surface area contributed by atoms with Crippen LogP contribution in [0.15, 0.2) is 64.9 Å². The summed E-state index contributed by atoms with van der Waals surface area (Å²) in [5, 5.41) is 6.78. The number of halogens is 2. The van der Waals surface area contributed by atoms with Crippen molar-refractivity contribution >= 4 is 56.5 Å². The molecule has 0 fully saturated rings. The maximum atomic E-state index is 12.5. The molecule has 1 N–H and O–H groups in total. The predicted molar refractivity (Wildman–Crippen MR) is 114 cm³/mol. The number of rotatable bonds is 4. The molecule has 0 unspecified atom stereocenters. The van der Waals surface area contributed by atoms with Crippen LogP contribution in [0.4, 0.5) is 5.13 Å². The normalized spacial score (nSPS) is 10.9. The first kappa shape index (κ1) is 18.7. The second-order valence-electron chi connectivity index (χ2n) is 6.06. The molecule has 140 valence electrons. The topological polar surface area (TPSA) is 64.0 Å². The van der Waals surface area contributed by atoms with Crippen LogP contribution in [0.2, 0.25) is 10.0 Å². The lowest BCUT2D eigenvalue weighted by molar-refractivity contribution is -0.116. The SMILES string of the molecule is O=C(Cn1ccc(=O)c2cc(Cl)ccc21)Nc1nc(-c2ccc(Cl)cc2)cs1. The van der Waals surface area contributed by atoms with Crippen molar-refractivity contribution in [3.63, 3.8) is 0 Å². The van der Waals surface area contributed by atoms with Gasteiger partial charge < -0.3 is 9.88 Å². The number of carbonyl (C=O) groups excluding carboxylic acids is 1. The third-order valence-corrected chi connectivity index (χ3v) is 5.39. The minimum Gasteiger partial charge on any atom is -0.338 e. The minimum absolute atomic E-state index is 0.0499. The van der Waals surface area contributed by atoms with Crippen LogP contribution in [0.5, 0.6) is 0 Å². The predicted octanol–water partition coefficient (Wildman–Crippen LogP) is 5.07. The van der Waals surface area contributed by atoms with Crippen LogP contribution in [0.3, 0.4) is 0 Å². The Bertz CT molecular complexity index is 1230. The summed E-state index contributed by atoms with van der Waals surface area (Å²) >= 11 is 13.2. The van der Waals surface area contributed by atoms with Crippen LogP contribution >= 0.6 is 34.5 Å². The molecule has 0 bridgehead atoms. The molecule has 8 heteroatoms. The van der Waals surface area contributed by atoms with E-state index in [4.69, 9.17) is 23.2 Å². The van der Waals surface area contributed by atoms with E-state index in [9.17, 15) is 9.59 Å². The van der Waals surface area contributed by atoms with Gasteiger partial charge in [-0.2, -0.15) is 0 Å². The zero-order valence-corrected chi connectivity index (χ0v) is 16.7. The first-order valence-electron chi connectivity index (χ1n) is 8.29. The average molecular weight is 430 g/mol. The Morgan fingerprint density at radius 2 is 1.82 bits per heavy atom. The van der Waals surface area contributed by atoms with Crippen molar-refractivity contribution in [2.75, 3.05) is 5.32 Å². The molecule has 0 spiro atoms. The maximum absolute atomic E-state index is 12.5. The number of hydrogen-bond donors (Lipinski definition) is 1. The highest BCUT2D eigenvalue weighted by molar-refractivity contribution is 7.14. The van der Waals surface area contributed by atoms with Gasteiger partial charge in [-0.3, -0.25) is 9.59 Å². The molecule has 4 rings (SSSR count). The van der Waals surface area contributed by atoms with Crippen LogP contribution in [-0.2, 0) is 11.3 Å². The summed E-state index contributed by atoms with van der Waals surface area (Å²) in [7, 11) is 0. The summed E-state index contributed by atoms with van der Waals surface area (Å²) in [5.41, 5.74) is 2.19. The van der Waals surface area contributed by atoms with Crippen LogP contribution in [0, 0.1) is 0 Å². The molecule has 0 aliphatic heterocycles. The molecule has 2 aromatic carbocycles. The van der Waals surface area contributed by atoms with E-state index >= 15 is 0 Å². The number of benzene rings is 2. The van der Waals surface area contributed by atoms with Gasteiger partial charge in [-0.25, -0.2) is 4.98 Å². The van der Waals surface area contributed by atoms with Crippen molar-refractivity contribution < 1.29 is 4.79 Å². The van der Waals surface area contributed by atoms with Gasteiger partial charge in [0.15, 0.2) is 10.6 Å². The fraction of sp³-hybridized carbons (Fsp3) is 0.0500. The molecule has 2 aromatic heterocycles. The molecule has 0 atom stereocenters. The zero-order valence-electron chi connectivity index (χ0n) is 14.4. The summed E-state index contributed by atoms with van der Waals surface area (Å²) in [6, 6.07) is 13.8. The van der Waals surface area contributed by atoms with Gasteiger partial charge in [0.05, 0.1) is 11.2 Å². The lowest BCUT2D eigenvalue weighted by Crippen LogP contribution is -2.20. The van der Waals surface area contributed by atoms with Crippen LogP contribution in [-0.4, -0.2) is 15.5 Å². The van der Waals surface area contributed by atoms with Crippen LogP contribution in [0.25, 0.3) is 22.2 Å². The summed E-state index contributed by atoms with van der Waals surface area (Å²) in [6.45, 7) is 0.0499. The summed E-state index contributed by atoms with van der Waals surface area (Å²) in [4.78, 5) is 29.0. The fourth-order valence-electron chi connectivity index (χ4n) is 2.82. The van der Waals surface area contributed by atoms with Crippen molar-refractivity contribution in [2.45, 2.75) is 6.54 Å². The molecule has 0 aliphatic carbocycles. The van der Waals surface area contributed by atoms with E-state index in [2.05, 4.69) is 10.3 Å². The Balaban J connectivity index is 1.53. The minimum atomic E-state index is -0.239. The van der Waals surface area contributed by atoms with Gasteiger partial charge in [0.1, 0.15) is 6.54 Å². The molecule has 1 amide bonds. The van der Waals surface area contributed by atoms with E-state index < -0.39 is 0 Å². The van der Waals surface area contributed by atoms with E-state index in [1.165, 1.54) is 17.4 Å². The van der Waals surface area contributed by atoms with Crippen molar-refractivity contribution in [3.8, 4) is 11.3 Å². The molecule has 5 nitrogen and oxygen atoms in total. The standard InChI is InChI=1S/C20H13Cl2N3O2S/c21-13-3-1-12(2-4-13)16-11-28-20(23-16)24-19(27)10-25-8-7-18(26)15-9-14(22)5-6-17(15)25/h1-9,11H,10H2,(H,23,24,27). The van der Waals surface area contributed by atoms with Crippen LogP contribution < -0.4 is 10.7 Å². The first-order valence-corrected chi connectivity index (χ1v) is 9.93. The van der Waals surface area contributed by atoms with Crippen LogP contribution in [0.1, 0.15) is 0 Å². The molecule has 0 saturated carbocycles. The second-order valence-corrected chi connectivity index (χ2v) is 7.79. The Morgan fingerprint density at radius 1 is 1.07 bits per heavy atom. The number of fused-ring (bicyclic) bond motifs is 1. The lowest BCUT2D eigenvalue weighted by atomic mass is 10.2. The zero-order chi connectivity index (χ0) is 19.7. The van der Waals surface area contributed by atoms with Gasteiger partial charge in [0, 0.05) is 38.6 Å². The molecule has 28 heavy (non-hydrogen) atoms. The highest BCUT2D eigenvalue weighted by Crippen LogP contribution is 2.26. The number of pyridine rings is 1. The average Bonchev–Trinajstić information content (AvgIpc) is 3.13. The number of nitrogens with zero attached hydrogens (tertiary/aromatic N) is 2. The van der Waals surface area contributed by atoms with Gasteiger partial charge >= 0.3 is 0 Å². The molecule has 0 radical (unpaired) electrons. The van der Waals surface area contributed by atoms with E-state index in [1.807, 2.05) is 17.5 Å². The fourth-order valence-corrected chi connectivity index (χ4v) is 3.85. The van der Waals surface area contributed by atoms with Gasteiger partial charge in [0.2, 0.25) is 5.91 Å². The van der Waals surface area contributed by atoms with Gasteiger partial charge in [-0.05, 0) is 30.3 Å². The monoisotopic (exact) mass is 429 g/mol. The molecule has 0 saturated heterocycles. The molecule has 2 heterocycles. The third kappa shape index (κ3) is 3.94. The number of carbonyl (C=O) groups is 1. The molecule has 0 aliphatic rings. The van der Waals surface area contributed by atoms with E-state index in [-0.39, 0.29) is 17.9 Å². The van der Waals surface area contributed by atoms with Crippen molar-refractivity contribution in [3.05, 3.63) is 80.4 Å². The second kappa shape index (κ2) is 7.75. The number of hydrogen-bond acceptors (Lipinski definition) is 4. The quantitative estimate of drug-likeness (QED) is 0.492. The Hall–Kier alpha value is -2.67. The Morgan fingerprint density at radius 3 is 2.61 bits per heavy atom. The highest BCUT2D eigenvalue weighted by atomic mass is 35.5. The third-order valence-electron chi connectivity index (χ3n) is 4.14. The van der Waals surface area contributed by atoms with Gasteiger partial charge in [-0.1, -0.05) is 35.3 Å². The lowest BCUT2D eigenvalue weighted by Gasteiger charge is -2.10. The van der Waals surface area contributed by atoms with E-state index in [1.54, 1.807) is 41.1 Å². The largest absolute Gasteiger partial charge is 0.338 e. The molecular formula is C20H13Cl2N3O2S.